The Kier molecular flexibility index (Phi) is 3.44. The fourth-order valence-corrected chi connectivity index (χ4v) is 2.21. The minimum atomic E-state index is -0.502. The molecular weight excluding hydrogens is 264 g/mol. The van der Waals surface area contributed by atoms with Crippen LogP contribution in [0.3, 0.4) is 0 Å². The average Bonchev–Trinajstić information content (AvgIpc) is 2.94. The Bertz CT molecular complexity index is 678. The first-order valence-corrected chi connectivity index (χ1v) is 6.82. The number of carbonyl (C=O) groups is 1. The van der Waals surface area contributed by atoms with Gasteiger partial charge in [0.15, 0.2) is 0 Å². The molecule has 0 bridgehead atoms. The lowest BCUT2D eigenvalue weighted by molar-refractivity contribution is -0.135. The fraction of sp³-hybridized carbons (Fsp3) is 0.176. The van der Waals surface area contributed by atoms with Crippen LogP contribution in [0.1, 0.15) is 29.8 Å². The number of rotatable bonds is 2. The first kappa shape index (κ1) is 13.4. The number of amides is 1. The highest BCUT2D eigenvalue weighted by Gasteiger charge is 2.32. The lowest BCUT2D eigenvalue weighted by Gasteiger charge is -2.19. The van der Waals surface area contributed by atoms with Gasteiger partial charge in [0.1, 0.15) is 0 Å². The maximum Gasteiger partial charge on any atom is 0.243 e. The second-order valence-corrected chi connectivity index (χ2v) is 5.02. The van der Waals surface area contributed by atoms with E-state index in [0.717, 1.165) is 16.7 Å². The van der Waals surface area contributed by atoms with Crippen molar-refractivity contribution >= 4 is 11.8 Å². The van der Waals surface area contributed by atoms with Crippen molar-refractivity contribution in [1.82, 2.24) is 5.01 Å². The van der Waals surface area contributed by atoms with E-state index in [1.54, 1.807) is 0 Å². The molecule has 4 nitrogen and oxygen atoms in total. The van der Waals surface area contributed by atoms with Crippen LogP contribution in [0.4, 0.5) is 0 Å². The maximum absolute atomic E-state index is 11.8. The maximum atomic E-state index is 11.8. The Labute approximate surface area is 123 Å². The number of aryl methyl sites for hydroxylation is 1. The first-order valence-electron chi connectivity index (χ1n) is 6.82. The van der Waals surface area contributed by atoms with Crippen molar-refractivity contribution in [3.8, 4) is 0 Å². The van der Waals surface area contributed by atoms with Gasteiger partial charge in [-0.05, 0) is 19.1 Å². The van der Waals surface area contributed by atoms with E-state index in [1.165, 1.54) is 11.9 Å². The molecule has 1 aliphatic heterocycles. The molecule has 1 amide bonds. The van der Waals surface area contributed by atoms with Crippen LogP contribution in [0.5, 0.6) is 0 Å². The van der Waals surface area contributed by atoms with Crippen molar-refractivity contribution in [3.63, 3.8) is 0 Å². The van der Waals surface area contributed by atoms with Crippen LogP contribution in [-0.2, 0) is 9.53 Å². The Morgan fingerprint density at radius 1 is 1.10 bits per heavy atom. The van der Waals surface area contributed by atoms with E-state index >= 15 is 0 Å². The summed E-state index contributed by atoms with van der Waals surface area (Å²) in [7, 11) is 0. The molecule has 0 aromatic heterocycles. The van der Waals surface area contributed by atoms with Crippen molar-refractivity contribution in [3.05, 3.63) is 71.3 Å². The molecular formula is C17H16N2O2. The molecule has 4 heteroatoms. The van der Waals surface area contributed by atoms with Gasteiger partial charge in [-0.2, -0.15) is 5.01 Å². The number of hydrogen-bond acceptors (Lipinski definition) is 3. The second kappa shape index (κ2) is 5.40. The topological polar surface area (TPSA) is 41.9 Å². The predicted octanol–water partition coefficient (Wildman–Crippen LogP) is 3.23. The standard InChI is InChI=1S/C17H16N2O2/c1-12-8-10-15(11-9-12)17-19(13(2)20)18-16(21-17)14-6-4-3-5-7-14/h3-11,17H,1-2H3/t17-/m1/s1. The van der Waals surface area contributed by atoms with Gasteiger partial charge in [-0.15, -0.1) is 5.10 Å². The van der Waals surface area contributed by atoms with Gasteiger partial charge in [0.2, 0.25) is 18.0 Å². The number of nitrogens with zero attached hydrogens (tertiary/aromatic N) is 2. The normalized spacial score (nSPS) is 17.3. The molecule has 106 valence electrons. The summed E-state index contributed by atoms with van der Waals surface area (Å²) < 4.78 is 5.90. The van der Waals surface area contributed by atoms with E-state index < -0.39 is 6.23 Å². The third-order valence-corrected chi connectivity index (χ3v) is 3.35. The van der Waals surface area contributed by atoms with Crippen LogP contribution in [0.2, 0.25) is 0 Å². The van der Waals surface area contributed by atoms with Gasteiger partial charge >= 0.3 is 0 Å². The molecule has 1 heterocycles. The largest absolute Gasteiger partial charge is 0.446 e. The minimum absolute atomic E-state index is 0.147. The molecule has 3 rings (SSSR count). The third kappa shape index (κ3) is 2.65. The SMILES string of the molecule is CC(=O)N1N=C(c2ccccc2)O[C@@H]1c1ccc(C)cc1. The summed E-state index contributed by atoms with van der Waals surface area (Å²) >= 11 is 0. The molecule has 2 aromatic rings. The summed E-state index contributed by atoms with van der Waals surface area (Å²) in [6, 6.07) is 17.5. The molecule has 0 saturated heterocycles. The predicted molar refractivity (Wildman–Crippen MR) is 80.5 cm³/mol. The quantitative estimate of drug-likeness (QED) is 0.847. The number of hydrazone groups is 1. The lowest BCUT2D eigenvalue weighted by Crippen LogP contribution is -2.25. The smallest absolute Gasteiger partial charge is 0.243 e. The highest BCUT2D eigenvalue weighted by atomic mass is 16.5. The van der Waals surface area contributed by atoms with Gasteiger partial charge < -0.3 is 4.74 Å². The van der Waals surface area contributed by atoms with Crippen LogP contribution in [0, 0.1) is 6.92 Å². The van der Waals surface area contributed by atoms with Crippen molar-refractivity contribution in [2.45, 2.75) is 20.1 Å². The van der Waals surface area contributed by atoms with Crippen LogP contribution < -0.4 is 0 Å². The molecule has 1 atom stereocenters. The number of hydrogen-bond donors (Lipinski definition) is 0. The van der Waals surface area contributed by atoms with Crippen LogP contribution in [0.15, 0.2) is 59.7 Å². The molecule has 0 spiro atoms. The van der Waals surface area contributed by atoms with Gasteiger partial charge in [-0.1, -0.05) is 48.0 Å². The Hall–Kier alpha value is -2.62. The van der Waals surface area contributed by atoms with Crippen molar-refractivity contribution < 1.29 is 9.53 Å². The van der Waals surface area contributed by atoms with E-state index in [0.29, 0.717) is 5.90 Å². The van der Waals surface area contributed by atoms with Crippen LogP contribution in [0.25, 0.3) is 0 Å². The molecule has 0 aliphatic carbocycles. The van der Waals surface area contributed by atoms with Gasteiger partial charge in [0.05, 0.1) is 0 Å². The van der Waals surface area contributed by atoms with E-state index in [4.69, 9.17) is 4.74 Å². The molecule has 1 aliphatic rings. The minimum Gasteiger partial charge on any atom is -0.446 e. The van der Waals surface area contributed by atoms with Crippen molar-refractivity contribution in [1.29, 1.82) is 0 Å². The second-order valence-electron chi connectivity index (χ2n) is 5.02. The zero-order chi connectivity index (χ0) is 14.8. The monoisotopic (exact) mass is 280 g/mol. The molecule has 21 heavy (non-hydrogen) atoms. The van der Waals surface area contributed by atoms with E-state index in [9.17, 15) is 4.79 Å². The Balaban J connectivity index is 1.93. The summed E-state index contributed by atoms with van der Waals surface area (Å²) in [6.45, 7) is 3.51. The van der Waals surface area contributed by atoms with Gasteiger partial charge in [0, 0.05) is 18.1 Å². The zero-order valence-corrected chi connectivity index (χ0v) is 12.0. The lowest BCUT2D eigenvalue weighted by atomic mass is 10.1. The molecule has 0 N–H and O–H groups in total. The molecule has 2 aromatic carbocycles. The van der Waals surface area contributed by atoms with Gasteiger partial charge in [-0.25, -0.2) is 0 Å². The fourth-order valence-electron chi connectivity index (χ4n) is 2.21. The Morgan fingerprint density at radius 2 is 1.76 bits per heavy atom. The average molecular weight is 280 g/mol. The van der Waals surface area contributed by atoms with Crippen molar-refractivity contribution in [2.75, 3.05) is 0 Å². The first-order chi connectivity index (χ1) is 10.1. The molecule has 0 fully saturated rings. The highest BCUT2D eigenvalue weighted by molar-refractivity contribution is 5.96. The number of benzene rings is 2. The van der Waals surface area contributed by atoms with Gasteiger partial charge in [-0.3, -0.25) is 4.79 Å². The summed E-state index contributed by atoms with van der Waals surface area (Å²) in [4.78, 5) is 11.8. The highest BCUT2D eigenvalue weighted by Crippen LogP contribution is 2.30. The van der Waals surface area contributed by atoms with E-state index in [2.05, 4.69) is 5.10 Å². The van der Waals surface area contributed by atoms with E-state index in [-0.39, 0.29) is 5.91 Å². The zero-order valence-electron chi connectivity index (χ0n) is 12.0. The number of ether oxygens (including phenoxy) is 1. The molecule has 0 radical (unpaired) electrons. The summed E-state index contributed by atoms with van der Waals surface area (Å²) in [5, 5.41) is 5.70. The number of carbonyl (C=O) groups excluding carboxylic acids is 1. The Morgan fingerprint density at radius 3 is 2.38 bits per heavy atom. The molecule has 0 saturated carbocycles. The van der Waals surface area contributed by atoms with Crippen LogP contribution >= 0.6 is 0 Å². The summed E-state index contributed by atoms with van der Waals surface area (Å²) in [5.41, 5.74) is 2.93. The third-order valence-electron chi connectivity index (χ3n) is 3.35. The van der Waals surface area contributed by atoms with Gasteiger partial charge in [0.25, 0.3) is 0 Å². The van der Waals surface area contributed by atoms with Crippen molar-refractivity contribution in [2.24, 2.45) is 5.10 Å². The van der Waals surface area contributed by atoms with E-state index in [1.807, 2.05) is 61.5 Å². The molecule has 0 unspecified atom stereocenters. The summed E-state index contributed by atoms with van der Waals surface area (Å²) in [6.07, 6.45) is -0.502. The van der Waals surface area contributed by atoms with Crippen LogP contribution in [-0.4, -0.2) is 16.8 Å². The summed E-state index contributed by atoms with van der Waals surface area (Å²) in [5.74, 6) is 0.322.